The zero-order valence-corrected chi connectivity index (χ0v) is 9.48. The highest BCUT2D eigenvalue weighted by Gasteiger charge is 2.23. The standard InChI is InChI=1S/C12H19N3/c1-9-3-4-10(2)15(8-9)12-6-5-11(13)7-14-12/h5-7,9-10H,3-4,8,13H2,1-2H3. The number of hydrogen-bond acceptors (Lipinski definition) is 3. The number of nitrogens with two attached hydrogens (primary N) is 1. The molecule has 0 aromatic carbocycles. The molecule has 15 heavy (non-hydrogen) atoms. The number of hydrogen-bond donors (Lipinski definition) is 1. The number of rotatable bonds is 1. The van der Waals surface area contributed by atoms with Gasteiger partial charge in [-0.3, -0.25) is 0 Å². The van der Waals surface area contributed by atoms with Crippen molar-refractivity contribution < 1.29 is 0 Å². The summed E-state index contributed by atoms with van der Waals surface area (Å²) in [7, 11) is 0. The molecule has 1 aromatic heterocycles. The molecular weight excluding hydrogens is 186 g/mol. The van der Waals surface area contributed by atoms with Crippen LogP contribution >= 0.6 is 0 Å². The van der Waals surface area contributed by atoms with Crippen LogP contribution in [0, 0.1) is 5.92 Å². The lowest BCUT2D eigenvalue weighted by atomic mass is 9.95. The van der Waals surface area contributed by atoms with Crippen molar-refractivity contribution in [2.75, 3.05) is 17.2 Å². The molecule has 82 valence electrons. The average molecular weight is 205 g/mol. The van der Waals surface area contributed by atoms with Crippen LogP contribution in [0.25, 0.3) is 0 Å². The molecule has 1 aliphatic heterocycles. The molecule has 0 spiro atoms. The smallest absolute Gasteiger partial charge is 0.128 e. The number of nitrogens with zero attached hydrogens (tertiary/aromatic N) is 2. The second-order valence-corrected chi connectivity index (χ2v) is 4.63. The molecular formula is C12H19N3. The van der Waals surface area contributed by atoms with Crippen LogP contribution in [0.15, 0.2) is 18.3 Å². The van der Waals surface area contributed by atoms with Crippen LogP contribution in [0.2, 0.25) is 0 Å². The maximum atomic E-state index is 5.64. The summed E-state index contributed by atoms with van der Waals surface area (Å²) in [5.41, 5.74) is 6.37. The van der Waals surface area contributed by atoms with Crippen LogP contribution in [-0.2, 0) is 0 Å². The van der Waals surface area contributed by atoms with Crippen LogP contribution < -0.4 is 10.6 Å². The van der Waals surface area contributed by atoms with Crippen molar-refractivity contribution in [1.29, 1.82) is 0 Å². The number of nitrogen functional groups attached to an aromatic ring is 1. The maximum Gasteiger partial charge on any atom is 0.128 e. The molecule has 0 aliphatic carbocycles. The zero-order chi connectivity index (χ0) is 10.8. The molecule has 2 rings (SSSR count). The van der Waals surface area contributed by atoms with Gasteiger partial charge < -0.3 is 10.6 Å². The molecule has 3 heteroatoms. The lowest BCUT2D eigenvalue weighted by molar-refractivity contribution is 0.388. The molecule has 3 nitrogen and oxygen atoms in total. The molecule has 2 unspecified atom stereocenters. The monoisotopic (exact) mass is 205 g/mol. The summed E-state index contributed by atoms with van der Waals surface area (Å²) in [4.78, 5) is 6.77. The molecule has 1 saturated heterocycles. The highest BCUT2D eigenvalue weighted by Crippen LogP contribution is 2.26. The minimum atomic E-state index is 0.595. The summed E-state index contributed by atoms with van der Waals surface area (Å²) < 4.78 is 0. The van der Waals surface area contributed by atoms with Crippen molar-refractivity contribution >= 4 is 11.5 Å². The van der Waals surface area contributed by atoms with E-state index in [1.807, 2.05) is 12.1 Å². The first-order valence-corrected chi connectivity index (χ1v) is 5.65. The van der Waals surface area contributed by atoms with Crippen molar-refractivity contribution in [3.8, 4) is 0 Å². The van der Waals surface area contributed by atoms with Gasteiger partial charge in [-0.15, -0.1) is 0 Å². The van der Waals surface area contributed by atoms with Gasteiger partial charge in [-0.2, -0.15) is 0 Å². The molecule has 1 aliphatic rings. The predicted molar refractivity (Wildman–Crippen MR) is 63.9 cm³/mol. The van der Waals surface area contributed by atoms with Crippen molar-refractivity contribution in [2.45, 2.75) is 32.7 Å². The summed E-state index contributed by atoms with van der Waals surface area (Å²) in [5.74, 6) is 1.82. The summed E-state index contributed by atoms with van der Waals surface area (Å²) in [6.07, 6.45) is 4.32. The van der Waals surface area contributed by atoms with Crippen molar-refractivity contribution in [3.63, 3.8) is 0 Å². The topological polar surface area (TPSA) is 42.1 Å². The molecule has 2 atom stereocenters. The third-order valence-electron chi connectivity index (χ3n) is 3.18. The van der Waals surface area contributed by atoms with E-state index in [1.54, 1.807) is 6.20 Å². The van der Waals surface area contributed by atoms with E-state index in [0.29, 0.717) is 6.04 Å². The number of anilines is 2. The van der Waals surface area contributed by atoms with Gasteiger partial charge >= 0.3 is 0 Å². The lowest BCUT2D eigenvalue weighted by Crippen LogP contribution is -2.41. The molecule has 1 aromatic rings. The van der Waals surface area contributed by atoms with Gasteiger partial charge in [0.15, 0.2) is 0 Å². The normalized spacial score (nSPS) is 26.7. The van der Waals surface area contributed by atoms with E-state index in [0.717, 1.165) is 24.0 Å². The van der Waals surface area contributed by atoms with Gasteiger partial charge in [0.2, 0.25) is 0 Å². The quantitative estimate of drug-likeness (QED) is 0.765. The average Bonchev–Trinajstić information content (AvgIpc) is 2.23. The number of piperidine rings is 1. The zero-order valence-electron chi connectivity index (χ0n) is 9.48. The van der Waals surface area contributed by atoms with Gasteiger partial charge in [-0.25, -0.2) is 4.98 Å². The molecule has 1 fully saturated rings. The van der Waals surface area contributed by atoms with E-state index < -0.39 is 0 Å². The maximum absolute atomic E-state index is 5.64. The summed E-state index contributed by atoms with van der Waals surface area (Å²) in [6.45, 7) is 5.68. The van der Waals surface area contributed by atoms with E-state index in [9.17, 15) is 0 Å². The minimum Gasteiger partial charge on any atom is -0.397 e. The Kier molecular flexibility index (Phi) is 2.80. The van der Waals surface area contributed by atoms with E-state index in [2.05, 4.69) is 23.7 Å². The molecule has 2 heterocycles. The predicted octanol–water partition coefficient (Wildman–Crippen LogP) is 2.29. The van der Waals surface area contributed by atoms with Crippen LogP contribution in [0.4, 0.5) is 11.5 Å². The van der Waals surface area contributed by atoms with Gasteiger partial charge in [0.25, 0.3) is 0 Å². The molecule has 2 N–H and O–H groups in total. The van der Waals surface area contributed by atoms with Gasteiger partial charge in [0, 0.05) is 12.6 Å². The third-order valence-corrected chi connectivity index (χ3v) is 3.18. The Balaban J connectivity index is 2.17. The number of aromatic nitrogens is 1. The van der Waals surface area contributed by atoms with Crippen LogP contribution in [0.1, 0.15) is 26.7 Å². The Hall–Kier alpha value is -1.25. The molecule has 0 bridgehead atoms. The molecule has 0 radical (unpaired) electrons. The van der Waals surface area contributed by atoms with E-state index in [4.69, 9.17) is 5.73 Å². The highest BCUT2D eigenvalue weighted by atomic mass is 15.2. The van der Waals surface area contributed by atoms with Gasteiger partial charge in [0.05, 0.1) is 11.9 Å². The first-order chi connectivity index (χ1) is 7.16. The first kappa shape index (κ1) is 10.3. The lowest BCUT2D eigenvalue weighted by Gasteiger charge is -2.37. The fourth-order valence-electron chi connectivity index (χ4n) is 2.18. The van der Waals surface area contributed by atoms with Crippen molar-refractivity contribution in [1.82, 2.24) is 4.98 Å². The highest BCUT2D eigenvalue weighted by molar-refractivity contribution is 5.46. The molecule has 0 saturated carbocycles. The summed E-state index contributed by atoms with van der Waals surface area (Å²) in [6, 6.07) is 4.54. The van der Waals surface area contributed by atoms with Gasteiger partial charge in [0.1, 0.15) is 5.82 Å². The van der Waals surface area contributed by atoms with E-state index >= 15 is 0 Å². The Bertz CT molecular complexity index is 320. The Morgan fingerprint density at radius 1 is 1.33 bits per heavy atom. The fraction of sp³-hybridized carbons (Fsp3) is 0.583. The third kappa shape index (κ3) is 2.22. The Labute approximate surface area is 91.3 Å². The minimum absolute atomic E-state index is 0.595. The van der Waals surface area contributed by atoms with Crippen LogP contribution in [-0.4, -0.2) is 17.6 Å². The second kappa shape index (κ2) is 4.09. The first-order valence-electron chi connectivity index (χ1n) is 5.65. The Morgan fingerprint density at radius 3 is 2.80 bits per heavy atom. The SMILES string of the molecule is CC1CCC(C)N(c2ccc(N)cn2)C1. The second-order valence-electron chi connectivity index (χ2n) is 4.63. The van der Waals surface area contributed by atoms with E-state index in [1.165, 1.54) is 12.8 Å². The van der Waals surface area contributed by atoms with Crippen molar-refractivity contribution in [3.05, 3.63) is 18.3 Å². The molecule has 0 amide bonds. The van der Waals surface area contributed by atoms with Crippen LogP contribution in [0.5, 0.6) is 0 Å². The van der Waals surface area contributed by atoms with Crippen LogP contribution in [0.3, 0.4) is 0 Å². The summed E-state index contributed by atoms with van der Waals surface area (Å²) >= 11 is 0. The summed E-state index contributed by atoms with van der Waals surface area (Å²) in [5, 5.41) is 0. The van der Waals surface area contributed by atoms with Gasteiger partial charge in [-0.05, 0) is 37.8 Å². The largest absolute Gasteiger partial charge is 0.397 e. The van der Waals surface area contributed by atoms with E-state index in [-0.39, 0.29) is 0 Å². The van der Waals surface area contributed by atoms with Crippen molar-refractivity contribution in [2.24, 2.45) is 5.92 Å². The number of pyridine rings is 1. The Morgan fingerprint density at radius 2 is 2.13 bits per heavy atom. The fourth-order valence-corrected chi connectivity index (χ4v) is 2.18. The van der Waals surface area contributed by atoms with Gasteiger partial charge in [-0.1, -0.05) is 6.92 Å².